The first kappa shape index (κ1) is 15.3. The Morgan fingerprint density at radius 1 is 0.720 bits per heavy atom. The van der Waals surface area contributed by atoms with E-state index in [1.165, 1.54) is 12.1 Å². The summed E-state index contributed by atoms with van der Waals surface area (Å²) in [6, 6.07) is 21.8. The minimum absolute atomic E-state index is 0.275. The first-order valence-corrected chi connectivity index (χ1v) is 7.92. The second-order valence-corrected chi connectivity index (χ2v) is 5.65. The number of hydrogen-bond donors (Lipinski definition) is 0. The van der Waals surface area contributed by atoms with Crippen LogP contribution < -0.4 is 4.74 Å². The molecule has 3 nitrogen and oxygen atoms in total. The number of ether oxygens (including phenoxy) is 1. The molecule has 4 heteroatoms. The molecule has 0 saturated heterocycles. The number of aromatic nitrogens is 2. The summed E-state index contributed by atoms with van der Waals surface area (Å²) in [5, 5.41) is 0. The van der Waals surface area contributed by atoms with Crippen molar-refractivity contribution in [3.63, 3.8) is 0 Å². The fourth-order valence-electron chi connectivity index (χ4n) is 2.77. The van der Waals surface area contributed by atoms with E-state index in [-0.39, 0.29) is 5.82 Å². The molecule has 0 amide bonds. The standard InChI is InChI=1S/C21H15FN2O/c1-25-17-11-12-18-19(13-17)24-20(14-5-3-2-4-6-14)21(23-18)15-7-9-16(22)10-8-15/h2-13H,1H3. The van der Waals surface area contributed by atoms with Crippen LogP contribution in [-0.2, 0) is 0 Å². The van der Waals surface area contributed by atoms with Crippen molar-refractivity contribution in [2.75, 3.05) is 7.11 Å². The molecule has 0 radical (unpaired) electrons. The van der Waals surface area contributed by atoms with Crippen molar-refractivity contribution in [2.45, 2.75) is 0 Å². The van der Waals surface area contributed by atoms with Crippen LogP contribution in [0, 0.1) is 5.82 Å². The van der Waals surface area contributed by atoms with Gasteiger partial charge in [-0.25, -0.2) is 14.4 Å². The van der Waals surface area contributed by atoms with Gasteiger partial charge in [-0.3, -0.25) is 0 Å². The summed E-state index contributed by atoms with van der Waals surface area (Å²) in [6.07, 6.45) is 0. The van der Waals surface area contributed by atoms with Crippen LogP contribution in [0.2, 0.25) is 0 Å². The van der Waals surface area contributed by atoms with Crippen molar-refractivity contribution in [1.82, 2.24) is 9.97 Å². The van der Waals surface area contributed by atoms with E-state index in [1.807, 2.05) is 48.5 Å². The molecule has 0 spiro atoms. The van der Waals surface area contributed by atoms with E-state index in [2.05, 4.69) is 0 Å². The van der Waals surface area contributed by atoms with Gasteiger partial charge in [-0.15, -0.1) is 0 Å². The third-order valence-electron chi connectivity index (χ3n) is 4.04. The molecule has 122 valence electrons. The Balaban J connectivity index is 2.00. The zero-order valence-electron chi connectivity index (χ0n) is 13.6. The van der Waals surface area contributed by atoms with Crippen molar-refractivity contribution in [1.29, 1.82) is 0 Å². The maximum Gasteiger partial charge on any atom is 0.123 e. The van der Waals surface area contributed by atoms with Gasteiger partial charge < -0.3 is 4.74 Å². The zero-order chi connectivity index (χ0) is 17.2. The van der Waals surface area contributed by atoms with Gasteiger partial charge in [0.2, 0.25) is 0 Å². The van der Waals surface area contributed by atoms with E-state index in [0.717, 1.165) is 39.3 Å². The fraction of sp³-hybridized carbons (Fsp3) is 0.0476. The lowest BCUT2D eigenvalue weighted by Gasteiger charge is -2.11. The van der Waals surface area contributed by atoms with E-state index in [1.54, 1.807) is 19.2 Å². The molecule has 0 unspecified atom stereocenters. The maximum atomic E-state index is 13.3. The van der Waals surface area contributed by atoms with Crippen LogP contribution in [0.1, 0.15) is 0 Å². The van der Waals surface area contributed by atoms with E-state index in [9.17, 15) is 4.39 Å². The highest BCUT2D eigenvalue weighted by Gasteiger charge is 2.13. The van der Waals surface area contributed by atoms with Crippen LogP contribution in [-0.4, -0.2) is 17.1 Å². The Morgan fingerprint density at radius 2 is 1.36 bits per heavy atom. The fourth-order valence-corrected chi connectivity index (χ4v) is 2.77. The van der Waals surface area contributed by atoms with Gasteiger partial charge in [-0.1, -0.05) is 30.3 Å². The molecule has 25 heavy (non-hydrogen) atoms. The third-order valence-corrected chi connectivity index (χ3v) is 4.04. The van der Waals surface area contributed by atoms with E-state index >= 15 is 0 Å². The maximum absolute atomic E-state index is 13.3. The molecule has 0 bridgehead atoms. The van der Waals surface area contributed by atoms with Crippen molar-refractivity contribution < 1.29 is 9.13 Å². The molecule has 0 aliphatic rings. The van der Waals surface area contributed by atoms with Gasteiger partial charge in [0.05, 0.1) is 29.5 Å². The molecule has 3 aromatic carbocycles. The summed E-state index contributed by atoms with van der Waals surface area (Å²) in [4.78, 5) is 9.60. The number of methoxy groups -OCH3 is 1. The second-order valence-electron chi connectivity index (χ2n) is 5.65. The summed E-state index contributed by atoms with van der Waals surface area (Å²) < 4.78 is 18.6. The molecule has 4 aromatic rings. The van der Waals surface area contributed by atoms with Gasteiger partial charge in [0, 0.05) is 17.2 Å². The van der Waals surface area contributed by atoms with Crippen LogP contribution in [0.5, 0.6) is 5.75 Å². The molecule has 0 N–H and O–H groups in total. The Morgan fingerprint density at radius 3 is 2.04 bits per heavy atom. The number of fused-ring (bicyclic) bond motifs is 1. The molecule has 1 aromatic heterocycles. The zero-order valence-corrected chi connectivity index (χ0v) is 13.6. The van der Waals surface area contributed by atoms with Crippen molar-refractivity contribution in [2.24, 2.45) is 0 Å². The first-order chi connectivity index (χ1) is 12.2. The smallest absolute Gasteiger partial charge is 0.123 e. The van der Waals surface area contributed by atoms with E-state index < -0.39 is 0 Å². The molecule has 4 rings (SSSR count). The van der Waals surface area contributed by atoms with Crippen LogP contribution in [0.4, 0.5) is 4.39 Å². The van der Waals surface area contributed by atoms with Crippen molar-refractivity contribution in [3.8, 4) is 28.3 Å². The quantitative estimate of drug-likeness (QED) is 0.523. The minimum Gasteiger partial charge on any atom is -0.497 e. The highest BCUT2D eigenvalue weighted by molar-refractivity contribution is 5.86. The monoisotopic (exact) mass is 330 g/mol. The summed E-state index contributed by atoms with van der Waals surface area (Å²) in [5.41, 5.74) is 4.78. The van der Waals surface area contributed by atoms with Gasteiger partial charge in [0.15, 0.2) is 0 Å². The lowest BCUT2D eigenvalue weighted by atomic mass is 10.0. The lowest BCUT2D eigenvalue weighted by Crippen LogP contribution is -1.96. The van der Waals surface area contributed by atoms with Gasteiger partial charge in [0.1, 0.15) is 11.6 Å². The minimum atomic E-state index is -0.275. The summed E-state index contributed by atoms with van der Waals surface area (Å²) in [5.74, 6) is 0.457. The van der Waals surface area contributed by atoms with Crippen molar-refractivity contribution >= 4 is 11.0 Å². The van der Waals surface area contributed by atoms with E-state index in [4.69, 9.17) is 14.7 Å². The second kappa shape index (κ2) is 6.32. The largest absolute Gasteiger partial charge is 0.497 e. The summed E-state index contributed by atoms with van der Waals surface area (Å²) in [6.45, 7) is 0. The summed E-state index contributed by atoms with van der Waals surface area (Å²) >= 11 is 0. The SMILES string of the molecule is COc1ccc2nc(-c3ccc(F)cc3)c(-c3ccccc3)nc2c1. The predicted octanol–water partition coefficient (Wildman–Crippen LogP) is 5.11. The van der Waals surface area contributed by atoms with Crippen LogP contribution in [0.3, 0.4) is 0 Å². The molecule has 1 heterocycles. The van der Waals surface area contributed by atoms with Crippen LogP contribution >= 0.6 is 0 Å². The Labute approximate surface area is 144 Å². The average Bonchev–Trinajstić information content (AvgIpc) is 2.68. The number of nitrogens with zero attached hydrogens (tertiary/aromatic N) is 2. The Bertz CT molecular complexity index is 1030. The van der Waals surface area contributed by atoms with Gasteiger partial charge in [-0.2, -0.15) is 0 Å². The molecule has 0 aliphatic carbocycles. The van der Waals surface area contributed by atoms with Crippen molar-refractivity contribution in [3.05, 3.63) is 78.6 Å². The van der Waals surface area contributed by atoms with Crippen LogP contribution in [0.15, 0.2) is 72.8 Å². The third kappa shape index (κ3) is 2.94. The Kier molecular flexibility index (Phi) is 3.86. The molecule has 0 fully saturated rings. The highest BCUT2D eigenvalue weighted by Crippen LogP contribution is 2.31. The predicted molar refractivity (Wildman–Crippen MR) is 96.9 cm³/mol. The first-order valence-electron chi connectivity index (χ1n) is 7.92. The molecule has 0 aliphatic heterocycles. The molecule has 0 atom stereocenters. The average molecular weight is 330 g/mol. The van der Waals surface area contributed by atoms with Gasteiger partial charge >= 0.3 is 0 Å². The number of benzene rings is 3. The number of halogens is 1. The molecule has 0 saturated carbocycles. The van der Waals surface area contributed by atoms with Crippen LogP contribution in [0.25, 0.3) is 33.5 Å². The van der Waals surface area contributed by atoms with E-state index in [0.29, 0.717) is 0 Å². The number of rotatable bonds is 3. The number of hydrogen-bond acceptors (Lipinski definition) is 3. The normalized spacial score (nSPS) is 10.8. The topological polar surface area (TPSA) is 35.0 Å². The van der Waals surface area contributed by atoms with Gasteiger partial charge in [-0.05, 0) is 36.4 Å². The highest BCUT2D eigenvalue weighted by atomic mass is 19.1. The summed E-state index contributed by atoms with van der Waals surface area (Å²) in [7, 11) is 1.62. The molecular formula is C21H15FN2O. The van der Waals surface area contributed by atoms with Gasteiger partial charge in [0.25, 0.3) is 0 Å². The lowest BCUT2D eigenvalue weighted by molar-refractivity contribution is 0.415. The Hall–Kier alpha value is -3.27. The molecular weight excluding hydrogens is 315 g/mol.